The molecule has 2 fully saturated rings. The molecule has 2 aliphatic rings. The zero-order chi connectivity index (χ0) is 18.3. The minimum absolute atomic E-state index is 0.0830. The number of carbonyl (C=O) groups is 1. The van der Waals surface area contributed by atoms with Crippen LogP contribution in [0.15, 0.2) is 21.5 Å². The van der Waals surface area contributed by atoms with Crippen LogP contribution in [0.5, 0.6) is 0 Å². The van der Waals surface area contributed by atoms with Gasteiger partial charge < -0.3 is 14.7 Å². The summed E-state index contributed by atoms with van der Waals surface area (Å²) in [7, 11) is 0. The van der Waals surface area contributed by atoms with E-state index in [1.165, 1.54) is 0 Å². The second-order valence-electron chi connectivity index (χ2n) is 7.28. The molecule has 0 aromatic carbocycles. The number of pyridine rings is 1. The maximum Gasteiger partial charge on any atom is 0.261 e. The Kier molecular flexibility index (Phi) is 4.36. The molecule has 2 aliphatic heterocycles. The summed E-state index contributed by atoms with van der Waals surface area (Å²) in [5.41, 5.74) is 0.566. The molecule has 8 heteroatoms. The van der Waals surface area contributed by atoms with Crippen LogP contribution in [0, 0.1) is 13.8 Å². The highest BCUT2D eigenvalue weighted by Crippen LogP contribution is 2.36. The number of rotatable bonds is 4. The third-order valence-electron chi connectivity index (χ3n) is 5.50. The molecule has 138 valence electrons. The Morgan fingerprint density at radius 1 is 1.31 bits per heavy atom. The maximum absolute atomic E-state index is 12.6. The Hall–Kier alpha value is -2.48. The van der Waals surface area contributed by atoms with Gasteiger partial charge in [0.2, 0.25) is 11.8 Å². The van der Waals surface area contributed by atoms with E-state index in [2.05, 4.69) is 25.4 Å². The molecular formula is C18H23N5O3. The van der Waals surface area contributed by atoms with Gasteiger partial charge in [0.15, 0.2) is 0 Å². The van der Waals surface area contributed by atoms with Gasteiger partial charge in [-0.3, -0.25) is 14.5 Å². The van der Waals surface area contributed by atoms with E-state index >= 15 is 0 Å². The number of carbonyl (C=O) groups excluding carboxylic acids is 1. The lowest BCUT2D eigenvalue weighted by Gasteiger charge is -2.38. The number of nitrogens with one attached hydrogen (secondary N) is 2. The summed E-state index contributed by atoms with van der Waals surface area (Å²) in [6, 6.07) is 2.61. The maximum atomic E-state index is 12.6. The Bertz CT molecular complexity index is 860. The molecule has 0 saturated carbocycles. The summed E-state index contributed by atoms with van der Waals surface area (Å²) < 4.78 is 5.51. The van der Waals surface area contributed by atoms with Gasteiger partial charge in [0.1, 0.15) is 5.56 Å². The van der Waals surface area contributed by atoms with Gasteiger partial charge in [-0.25, -0.2) is 0 Å². The largest absolute Gasteiger partial charge is 0.424 e. The van der Waals surface area contributed by atoms with Crippen LogP contribution in [-0.4, -0.2) is 44.1 Å². The number of piperidine rings is 1. The standard InChI is InChI=1S/C18H23N5O3/c1-10-5-6-19-17(24)16(10)18(25)20-12-7-13-3-4-14(8-12)23(13)9-15-22-21-11(2)26-15/h5-6,12-14H,3-4,7-9H2,1-2H3,(H,19,24)(H,20,25). The molecule has 26 heavy (non-hydrogen) atoms. The number of hydrogen-bond acceptors (Lipinski definition) is 6. The van der Waals surface area contributed by atoms with Crippen molar-refractivity contribution in [3.8, 4) is 0 Å². The third-order valence-corrected chi connectivity index (χ3v) is 5.50. The molecule has 4 rings (SSSR count). The average Bonchev–Trinajstić information content (AvgIpc) is 3.08. The Morgan fingerprint density at radius 2 is 2.04 bits per heavy atom. The first-order valence-corrected chi connectivity index (χ1v) is 9.05. The quantitative estimate of drug-likeness (QED) is 0.855. The predicted octanol–water partition coefficient (Wildman–Crippen LogP) is 1.30. The summed E-state index contributed by atoms with van der Waals surface area (Å²) in [4.78, 5) is 29.5. The molecule has 2 aromatic heterocycles. The lowest BCUT2D eigenvalue weighted by Crippen LogP contribution is -2.50. The molecular weight excluding hydrogens is 334 g/mol. The molecule has 2 bridgehead atoms. The zero-order valence-corrected chi connectivity index (χ0v) is 15.0. The fraction of sp³-hybridized carbons (Fsp3) is 0.556. The van der Waals surface area contributed by atoms with Crippen molar-refractivity contribution in [3.63, 3.8) is 0 Å². The molecule has 8 nitrogen and oxygen atoms in total. The Balaban J connectivity index is 1.42. The molecule has 0 radical (unpaired) electrons. The van der Waals surface area contributed by atoms with Crippen molar-refractivity contribution in [1.29, 1.82) is 0 Å². The normalized spacial score (nSPS) is 25.4. The SMILES string of the molecule is Cc1nnc(CN2C3CCC2CC(NC(=O)c2c(C)cc[nH]c2=O)C3)o1. The van der Waals surface area contributed by atoms with Gasteiger partial charge in [0.25, 0.3) is 11.5 Å². The number of nitrogens with zero attached hydrogens (tertiary/aromatic N) is 3. The molecule has 2 saturated heterocycles. The second-order valence-corrected chi connectivity index (χ2v) is 7.28. The van der Waals surface area contributed by atoms with Gasteiger partial charge >= 0.3 is 0 Å². The molecule has 0 aliphatic carbocycles. The van der Waals surface area contributed by atoms with Crippen molar-refractivity contribution in [1.82, 2.24) is 25.4 Å². The topological polar surface area (TPSA) is 104 Å². The van der Waals surface area contributed by atoms with Gasteiger partial charge in [0, 0.05) is 31.2 Å². The van der Waals surface area contributed by atoms with Crippen LogP contribution in [0.1, 0.15) is 53.4 Å². The van der Waals surface area contributed by atoms with E-state index < -0.39 is 0 Å². The molecule has 2 N–H and O–H groups in total. The minimum Gasteiger partial charge on any atom is -0.424 e. The molecule has 2 atom stereocenters. The van der Waals surface area contributed by atoms with Gasteiger partial charge in [-0.1, -0.05) is 0 Å². The monoisotopic (exact) mass is 357 g/mol. The molecule has 2 unspecified atom stereocenters. The van der Waals surface area contributed by atoms with Gasteiger partial charge in [0.05, 0.1) is 6.54 Å². The second kappa shape index (κ2) is 6.68. The third kappa shape index (κ3) is 3.16. The van der Waals surface area contributed by atoms with E-state index in [0.717, 1.165) is 25.7 Å². The van der Waals surface area contributed by atoms with Crippen LogP contribution >= 0.6 is 0 Å². The van der Waals surface area contributed by atoms with Crippen molar-refractivity contribution in [3.05, 3.63) is 45.5 Å². The van der Waals surface area contributed by atoms with Gasteiger partial charge in [-0.05, 0) is 44.2 Å². The number of H-pyrrole nitrogens is 1. The highest BCUT2D eigenvalue weighted by Gasteiger charge is 2.41. The van der Waals surface area contributed by atoms with E-state index in [-0.39, 0.29) is 23.1 Å². The van der Waals surface area contributed by atoms with Crippen molar-refractivity contribution in [2.75, 3.05) is 0 Å². The fourth-order valence-electron chi connectivity index (χ4n) is 4.32. The molecule has 4 heterocycles. The summed E-state index contributed by atoms with van der Waals surface area (Å²) in [5.74, 6) is 0.945. The summed E-state index contributed by atoms with van der Waals surface area (Å²) in [6.45, 7) is 4.23. The predicted molar refractivity (Wildman–Crippen MR) is 93.7 cm³/mol. The number of amides is 1. The van der Waals surface area contributed by atoms with Crippen LogP contribution in [0.25, 0.3) is 0 Å². The summed E-state index contributed by atoms with van der Waals surface area (Å²) in [6.07, 6.45) is 5.52. The molecule has 1 amide bonds. The number of aryl methyl sites for hydroxylation is 2. The van der Waals surface area contributed by atoms with Crippen LogP contribution in [0.4, 0.5) is 0 Å². The summed E-state index contributed by atoms with van der Waals surface area (Å²) >= 11 is 0. The lowest BCUT2D eigenvalue weighted by atomic mass is 9.96. The van der Waals surface area contributed by atoms with E-state index in [4.69, 9.17) is 4.42 Å². The average molecular weight is 357 g/mol. The van der Waals surface area contributed by atoms with Crippen LogP contribution in [0.2, 0.25) is 0 Å². The van der Waals surface area contributed by atoms with Crippen LogP contribution in [-0.2, 0) is 6.54 Å². The van der Waals surface area contributed by atoms with Crippen molar-refractivity contribution < 1.29 is 9.21 Å². The number of hydrogen-bond donors (Lipinski definition) is 2. The lowest BCUT2D eigenvalue weighted by molar-refractivity contribution is 0.0796. The van der Waals surface area contributed by atoms with E-state index in [1.54, 1.807) is 26.1 Å². The van der Waals surface area contributed by atoms with Crippen molar-refractivity contribution in [2.45, 2.75) is 64.2 Å². The minimum atomic E-state index is -0.338. The zero-order valence-electron chi connectivity index (χ0n) is 15.0. The van der Waals surface area contributed by atoms with Gasteiger partial charge in [-0.15, -0.1) is 10.2 Å². The Labute approximate surface area is 151 Å². The first-order valence-electron chi connectivity index (χ1n) is 9.05. The van der Waals surface area contributed by atoms with Gasteiger partial charge in [-0.2, -0.15) is 0 Å². The first kappa shape index (κ1) is 17.0. The van der Waals surface area contributed by atoms with Crippen LogP contribution < -0.4 is 10.9 Å². The first-order chi connectivity index (χ1) is 12.5. The highest BCUT2D eigenvalue weighted by molar-refractivity contribution is 5.95. The summed E-state index contributed by atoms with van der Waals surface area (Å²) in [5, 5.41) is 11.1. The van der Waals surface area contributed by atoms with E-state index in [0.29, 0.717) is 36.0 Å². The number of aromatic nitrogens is 3. The van der Waals surface area contributed by atoms with Crippen LogP contribution in [0.3, 0.4) is 0 Å². The number of aromatic amines is 1. The number of fused-ring (bicyclic) bond motifs is 2. The van der Waals surface area contributed by atoms with Crippen molar-refractivity contribution >= 4 is 5.91 Å². The highest BCUT2D eigenvalue weighted by atomic mass is 16.4. The fourth-order valence-corrected chi connectivity index (χ4v) is 4.32. The smallest absolute Gasteiger partial charge is 0.261 e. The molecule has 0 spiro atoms. The van der Waals surface area contributed by atoms with E-state index in [9.17, 15) is 9.59 Å². The van der Waals surface area contributed by atoms with Crippen molar-refractivity contribution in [2.24, 2.45) is 0 Å². The molecule has 2 aromatic rings. The van der Waals surface area contributed by atoms with E-state index in [1.807, 2.05) is 0 Å². The Morgan fingerprint density at radius 3 is 2.65 bits per heavy atom.